The van der Waals surface area contributed by atoms with Crippen LogP contribution < -0.4 is 0 Å². The molecule has 1 rings (SSSR count). The molecule has 1 heterocycles. The molecule has 0 bridgehead atoms. The Morgan fingerprint density at radius 1 is 1.46 bits per heavy atom. The van der Waals surface area contributed by atoms with Crippen LogP contribution in [0.5, 0.6) is 0 Å². The maximum Gasteiger partial charge on any atom is 0.157 e. The molecule has 0 aromatic carbocycles. The Hall–Kier alpha value is -0.200. The van der Waals surface area contributed by atoms with Crippen molar-refractivity contribution in [2.24, 2.45) is 0 Å². The smallest absolute Gasteiger partial charge is 0.157 e. The van der Waals surface area contributed by atoms with Gasteiger partial charge in [0.1, 0.15) is 5.60 Å². The Bertz CT molecular complexity index is 169. The van der Waals surface area contributed by atoms with Crippen molar-refractivity contribution in [1.82, 2.24) is 0 Å². The quantitative estimate of drug-likeness (QED) is 0.409. The molecule has 1 aliphatic rings. The van der Waals surface area contributed by atoms with Crippen LogP contribution in [0.1, 0.15) is 20.3 Å². The van der Waals surface area contributed by atoms with Gasteiger partial charge in [-0.05, 0) is 13.8 Å². The molecule has 0 amide bonds. The van der Waals surface area contributed by atoms with E-state index in [0.29, 0.717) is 0 Å². The van der Waals surface area contributed by atoms with E-state index in [2.05, 4.69) is 0 Å². The number of aliphatic hydroxyl groups is 4. The van der Waals surface area contributed by atoms with E-state index in [1.807, 2.05) is 0 Å². The minimum Gasteiger partial charge on any atom is -0.390 e. The average Bonchev–Trinajstić information content (AvgIpc) is 1.99. The van der Waals surface area contributed by atoms with Crippen LogP contribution in [0.25, 0.3) is 0 Å². The summed E-state index contributed by atoms with van der Waals surface area (Å²) in [5, 5.41) is 37.7. The Balaban J connectivity index is 2.83. The number of ether oxygens (including phenoxy) is 1. The third-order valence-corrected chi connectivity index (χ3v) is 2.64. The average molecular weight is 192 g/mol. The van der Waals surface area contributed by atoms with Crippen LogP contribution in [-0.4, -0.2) is 50.6 Å². The molecular weight excluding hydrogens is 176 g/mol. The normalized spacial score (nSPS) is 48.9. The van der Waals surface area contributed by atoms with Gasteiger partial charge in [0.25, 0.3) is 0 Å². The van der Waals surface area contributed by atoms with Crippen LogP contribution in [0, 0.1) is 0 Å². The zero-order valence-electron chi connectivity index (χ0n) is 7.71. The van der Waals surface area contributed by atoms with Gasteiger partial charge in [-0.3, -0.25) is 0 Å². The molecule has 0 unspecified atom stereocenters. The van der Waals surface area contributed by atoms with Crippen molar-refractivity contribution in [1.29, 1.82) is 0 Å². The van der Waals surface area contributed by atoms with Crippen molar-refractivity contribution in [3.8, 4) is 0 Å². The van der Waals surface area contributed by atoms with Crippen LogP contribution >= 0.6 is 0 Å². The van der Waals surface area contributed by atoms with Crippen molar-refractivity contribution < 1.29 is 25.2 Å². The first-order valence-electron chi connectivity index (χ1n) is 4.31. The lowest BCUT2D eigenvalue weighted by Crippen LogP contribution is -2.63. The molecule has 0 aliphatic carbocycles. The van der Waals surface area contributed by atoms with E-state index in [1.165, 1.54) is 13.8 Å². The first-order valence-corrected chi connectivity index (χ1v) is 4.31. The van der Waals surface area contributed by atoms with Crippen molar-refractivity contribution in [2.75, 3.05) is 0 Å². The van der Waals surface area contributed by atoms with Crippen molar-refractivity contribution in [2.45, 2.75) is 50.5 Å². The number of rotatable bonds is 1. The second kappa shape index (κ2) is 3.51. The molecule has 5 atom stereocenters. The van der Waals surface area contributed by atoms with Gasteiger partial charge in [0, 0.05) is 6.42 Å². The summed E-state index contributed by atoms with van der Waals surface area (Å²) in [7, 11) is 0. The van der Waals surface area contributed by atoms with E-state index in [0.717, 1.165) is 0 Å². The van der Waals surface area contributed by atoms with E-state index in [4.69, 9.17) is 9.84 Å². The second-order valence-electron chi connectivity index (χ2n) is 3.55. The van der Waals surface area contributed by atoms with Crippen molar-refractivity contribution >= 4 is 0 Å². The molecule has 0 aromatic heterocycles. The third-order valence-electron chi connectivity index (χ3n) is 2.64. The van der Waals surface area contributed by atoms with Crippen LogP contribution in [0.4, 0.5) is 0 Å². The van der Waals surface area contributed by atoms with Gasteiger partial charge in [0.15, 0.2) is 6.29 Å². The summed E-state index contributed by atoms with van der Waals surface area (Å²) in [6.45, 7) is 2.87. The highest BCUT2D eigenvalue weighted by Crippen LogP contribution is 2.31. The Kier molecular flexibility index (Phi) is 2.94. The standard InChI is InChI=1S/C8H16O5/c1-4(9)8(12)5(2)13-7(11)3-6(8)10/h4-7,9-12H,3H2,1-2H3/t4-,5+,6+,7+,8-/m0/s1. The third kappa shape index (κ3) is 1.70. The fourth-order valence-corrected chi connectivity index (χ4v) is 1.67. The molecule has 0 radical (unpaired) electrons. The monoisotopic (exact) mass is 192 g/mol. The molecule has 0 spiro atoms. The van der Waals surface area contributed by atoms with Crippen LogP contribution in [0.15, 0.2) is 0 Å². The fraction of sp³-hybridized carbons (Fsp3) is 1.00. The second-order valence-corrected chi connectivity index (χ2v) is 3.55. The largest absolute Gasteiger partial charge is 0.390 e. The first kappa shape index (κ1) is 10.9. The van der Waals surface area contributed by atoms with Gasteiger partial charge in [-0.25, -0.2) is 0 Å². The minimum atomic E-state index is -1.70. The van der Waals surface area contributed by atoms with E-state index in [-0.39, 0.29) is 6.42 Å². The van der Waals surface area contributed by atoms with E-state index < -0.39 is 30.2 Å². The van der Waals surface area contributed by atoms with Gasteiger partial charge in [-0.1, -0.05) is 0 Å². The lowest BCUT2D eigenvalue weighted by molar-refractivity contribution is -0.290. The zero-order valence-corrected chi connectivity index (χ0v) is 7.71. The van der Waals surface area contributed by atoms with Crippen LogP contribution in [0.3, 0.4) is 0 Å². The summed E-state index contributed by atoms with van der Waals surface area (Å²) in [6.07, 6.45) is -4.25. The van der Waals surface area contributed by atoms with Gasteiger partial charge < -0.3 is 25.2 Å². The fourth-order valence-electron chi connectivity index (χ4n) is 1.67. The van der Waals surface area contributed by atoms with Gasteiger partial charge in [0.05, 0.1) is 18.3 Å². The summed E-state index contributed by atoms with van der Waals surface area (Å²) in [6, 6.07) is 0. The lowest BCUT2D eigenvalue weighted by atomic mass is 9.82. The first-order chi connectivity index (χ1) is 5.89. The number of hydrogen-bond acceptors (Lipinski definition) is 5. The van der Waals surface area contributed by atoms with Gasteiger partial charge in [0.2, 0.25) is 0 Å². The Morgan fingerprint density at radius 2 is 2.00 bits per heavy atom. The predicted molar refractivity (Wildman–Crippen MR) is 43.8 cm³/mol. The minimum absolute atomic E-state index is 0.0915. The summed E-state index contributed by atoms with van der Waals surface area (Å²) >= 11 is 0. The Labute approximate surface area is 76.6 Å². The summed E-state index contributed by atoms with van der Waals surface area (Å²) in [5.74, 6) is 0. The highest BCUT2D eigenvalue weighted by atomic mass is 16.6. The molecule has 1 fully saturated rings. The Morgan fingerprint density at radius 3 is 2.38 bits per heavy atom. The molecule has 0 aromatic rings. The highest BCUT2D eigenvalue weighted by Gasteiger charge is 2.50. The maximum atomic E-state index is 9.87. The molecule has 13 heavy (non-hydrogen) atoms. The van der Waals surface area contributed by atoms with E-state index in [9.17, 15) is 15.3 Å². The highest BCUT2D eigenvalue weighted by molar-refractivity contribution is 4.99. The molecule has 4 N–H and O–H groups in total. The van der Waals surface area contributed by atoms with Gasteiger partial charge >= 0.3 is 0 Å². The summed E-state index contributed by atoms with van der Waals surface area (Å²) in [4.78, 5) is 0. The maximum absolute atomic E-state index is 9.87. The lowest BCUT2D eigenvalue weighted by Gasteiger charge is -2.45. The number of aliphatic hydroxyl groups excluding tert-OH is 3. The zero-order chi connectivity index (χ0) is 10.2. The SMILES string of the molecule is C[C@H](O)[C@@]1(O)[C@H](O)C[C@H](O)O[C@@H]1C. The van der Waals surface area contributed by atoms with Gasteiger partial charge in [-0.2, -0.15) is 0 Å². The molecule has 1 saturated heterocycles. The topological polar surface area (TPSA) is 90.2 Å². The number of hydrogen-bond donors (Lipinski definition) is 4. The van der Waals surface area contributed by atoms with E-state index >= 15 is 0 Å². The molecule has 78 valence electrons. The summed E-state index contributed by atoms with van der Waals surface area (Å²) < 4.78 is 4.92. The molecule has 5 nitrogen and oxygen atoms in total. The molecule has 5 heteroatoms. The molecule has 1 aliphatic heterocycles. The van der Waals surface area contributed by atoms with Crippen LogP contribution in [0.2, 0.25) is 0 Å². The van der Waals surface area contributed by atoms with Gasteiger partial charge in [-0.15, -0.1) is 0 Å². The molecular formula is C8H16O5. The molecule has 0 saturated carbocycles. The van der Waals surface area contributed by atoms with Crippen LogP contribution in [-0.2, 0) is 4.74 Å². The summed E-state index contributed by atoms with van der Waals surface area (Å²) in [5.41, 5.74) is -1.70. The van der Waals surface area contributed by atoms with Crippen molar-refractivity contribution in [3.05, 3.63) is 0 Å². The van der Waals surface area contributed by atoms with Crippen molar-refractivity contribution in [3.63, 3.8) is 0 Å². The predicted octanol–water partition coefficient (Wildman–Crippen LogP) is -1.41. The van der Waals surface area contributed by atoms with E-state index in [1.54, 1.807) is 0 Å².